The average Bonchev–Trinajstić information content (AvgIpc) is 3.52. The standard InChI is InChI=1S/C22H27N5O2S/c1-16-23-9-13-26(16)12-5-8-24-21(28)17-6-7-20(29-2)18(14-17)19-15-30-22(25-19)27-10-3-4-11-27/h6-7,9,13-15H,3-5,8,10-12H2,1-2H3,(H,24,28). The highest BCUT2D eigenvalue weighted by Crippen LogP contribution is 2.35. The molecule has 7 nitrogen and oxygen atoms in total. The summed E-state index contributed by atoms with van der Waals surface area (Å²) in [6.07, 6.45) is 7.03. The quantitative estimate of drug-likeness (QED) is 0.557. The molecule has 1 fully saturated rings. The molecule has 8 heteroatoms. The average molecular weight is 426 g/mol. The van der Waals surface area contributed by atoms with Gasteiger partial charge in [0.1, 0.15) is 11.6 Å². The predicted octanol–water partition coefficient (Wildman–Crippen LogP) is 3.74. The predicted molar refractivity (Wildman–Crippen MR) is 119 cm³/mol. The Hall–Kier alpha value is -2.87. The zero-order chi connectivity index (χ0) is 20.9. The highest BCUT2D eigenvalue weighted by atomic mass is 32.1. The zero-order valence-electron chi connectivity index (χ0n) is 17.4. The molecule has 0 saturated carbocycles. The lowest BCUT2D eigenvalue weighted by Gasteiger charge is -2.13. The molecule has 158 valence electrons. The molecular weight excluding hydrogens is 398 g/mol. The number of thiazole rings is 1. The van der Waals surface area contributed by atoms with Gasteiger partial charge in [0.15, 0.2) is 5.13 Å². The van der Waals surface area contributed by atoms with E-state index >= 15 is 0 Å². The third-order valence-electron chi connectivity index (χ3n) is 5.39. The van der Waals surface area contributed by atoms with Crippen LogP contribution >= 0.6 is 11.3 Å². The summed E-state index contributed by atoms with van der Waals surface area (Å²) < 4.78 is 7.61. The molecule has 0 bridgehead atoms. The molecule has 1 aliphatic heterocycles. The lowest BCUT2D eigenvalue weighted by molar-refractivity contribution is 0.0952. The highest BCUT2D eigenvalue weighted by Gasteiger charge is 2.18. The number of rotatable bonds is 8. The van der Waals surface area contributed by atoms with Crippen LogP contribution in [-0.2, 0) is 6.54 Å². The van der Waals surface area contributed by atoms with E-state index in [2.05, 4.69) is 19.8 Å². The molecule has 4 rings (SSSR count). The van der Waals surface area contributed by atoms with Crippen molar-refractivity contribution < 1.29 is 9.53 Å². The van der Waals surface area contributed by atoms with E-state index in [-0.39, 0.29) is 5.91 Å². The summed E-state index contributed by atoms with van der Waals surface area (Å²) in [4.78, 5) is 24.0. The van der Waals surface area contributed by atoms with Gasteiger partial charge in [0.2, 0.25) is 0 Å². The monoisotopic (exact) mass is 425 g/mol. The first-order valence-electron chi connectivity index (χ1n) is 10.3. The number of aromatic nitrogens is 3. The van der Waals surface area contributed by atoms with Crippen LogP contribution in [0.3, 0.4) is 0 Å². The summed E-state index contributed by atoms with van der Waals surface area (Å²) >= 11 is 1.64. The second-order valence-electron chi connectivity index (χ2n) is 7.40. The summed E-state index contributed by atoms with van der Waals surface area (Å²) in [6.45, 7) is 5.53. The summed E-state index contributed by atoms with van der Waals surface area (Å²) in [5.41, 5.74) is 2.31. The summed E-state index contributed by atoms with van der Waals surface area (Å²) in [7, 11) is 1.64. The molecule has 0 aliphatic carbocycles. The lowest BCUT2D eigenvalue weighted by Crippen LogP contribution is -2.25. The van der Waals surface area contributed by atoms with Gasteiger partial charge in [-0.25, -0.2) is 9.97 Å². The number of carbonyl (C=O) groups is 1. The molecule has 0 spiro atoms. The Labute approximate surface area is 180 Å². The smallest absolute Gasteiger partial charge is 0.251 e. The summed E-state index contributed by atoms with van der Waals surface area (Å²) in [6, 6.07) is 5.51. The Morgan fingerprint density at radius 1 is 1.30 bits per heavy atom. The fourth-order valence-electron chi connectivity index (χ4n) is 3.68. The Balaban J connectivity index is 1.42. The van der Waals surface area contributed by atoms with Crippen LogP contribution in [-0.4, -0.2) is 47.2 Å². The number of carbonyl (C=O) groups excluding carboxylic acids is 1. The van der Waals surface area contributed by atoms with Crippen LogP contribution in [0.25, 0.3) is 11.3 Å². The highest BCUT2D eigenvalue weighted by molar-refractivity contribution is 7.14. The molecule has 3 aromatic rings. The van der Waals surface area contributed by atoms with Crippen LogP contribution in [0.2, 0.25) is 0 Å². The second kappa shape index (κ2) is 9.30. The van der Waals surface area contributed by atoms with E-state index in [0.29, 0.717) is 12.1 Å². The molecule has 1 aliphatic rings. The van der Waals surface area contributed by atoms with Crippen molar-refractivity contribution in [2.45, 2.75) is 32.7 Å². The van der Waals surface area contributed by atoms with Crippen LogP contribution in [0.15, 0.2) is 36.0 Å². The first kappa shape index (κ1) is 20.4. The van der Waals surface area contributed by atoms with Crippen molar-refractivity contribution in [3.05, 3.63) is 47.4 Å². The Morgan fingerprint density at radius 2 is 2.13 bits per heavy atom. The van der Waals surface area contributed by atoms with Crippen molar-refractivity contribution >= 4 is 22.4 Å². The van der Waals surface area contributed by atoms with Crippen LogP contribution in [0.5, 0.6) is 5.75 Å². The molecule has 0 atom stereocenters. The van der Waals surface area contributed by atoms with Gasteiger partial charge < -0.3 is 19.5 Å². The topological polar surface area (TPSA) is 72.3 Å². The van der Waals surface area contributed by atoms with Crippen LogP contribution in [0.4, 0.5) is 5.13 Å². The Bertz CT molecular complexity index is 1010. The van der Waals surface area contributed by atoms with E-state index in [1.807, 2.05) is 30.6 Å². The molecular formula is C22H27N5O2S. The number of anilines is 1. The normalized spacial score (nSPS) is 13.6. The molecule has 0 unspecified atom stereocenters. The third kappa shape index (κ3) is 4.48. The molecule has 1 N–H and O–H groups in total. The van der Waals surface area contributed by atoms with Crippen molar-refractivity contribution in [2.24, 2.45) is 0 Å². The molecule has 2 aromatic heterocycles. The van der Waals surface area contributed by atoms with E-state index in [0.717, 1.165) is 54.0 Å². The summed E-state index contributed by atoms with van der Waals surface area (Å²) in [5, 5.41) is 6.09. The minimum Gasteiger partial charge on any atom is -0.496 e. The molecule has 0 radical (unpaired) electrons. The number of nitrogens with one attached hydrogen (secondary N) is 1. The van der Waals surface area contributed by atoms with Gasteiger partial charge in [-0.15, -0.1) is 11.3 Å². The van der Waals surface area contributed by atoms with E-state index < -0.39 is 0 Å². The van der Waals surface area contributed by atoms with Gasteiger partial charge in [-0.05, 0) is 44.4 Å². The molecule has 1 amide bonds. The van der Waals surface area contributed by atoms with Gasteiger partial charge in [-0.3, -0.25) is 4.79 Å². The van der Waals surface area contributed by atoms with Crippen molar-refractivity contribution in [1.82, 2.24) is 19.9 Å². The zero-order valence-corrected chi connectivity index (χ0v) is 18.2. The maximum Gasteiger partial charge on any atom is 0.251 e. The largest absolute Gasteiger partial charge is 0.496 e. The van der Waals surface area contributed by atoms with Crippen LogP contribution < -0.4 is 15.0 Å². The van der Waals surface area contributed by atoms with Gasteiger partial charge in [0.25, 0.3) is 5.91 Å². The van der Waals surface area contributed by atoms with Crippen molar-refractivity contribution in [3.8, 4) is 17.0 Å². The lowest BCUT2D eigenvalue weighted by atomic mass is 10.1. The minimum atomic E-state index is -0.0868. The number of imidazole rings is 1. The van der Waals surface area contributed by atoms with E-state index in [9.17, 15) is 4.79 Å². The number of aryl methyl sites for hydroxylation is 2. The van der Waals surface area contributed by atoms with E-state index in [1.165, 1.54) is 12.8 Å². The van der Waals surface area contributed by atoms with Gasteiger partial charge >= 0.3 is 0 Å². The Kier molecular flexibility index (Phi) is 6.32. The molecule has 30 heavy (non-hydrogen) atoms. The first-order chi connectivity index (χ1) is 14.7. The molecule has 3 heterocycles. The summed E-state index contributed by atoms with van der Waals surface area (Å²) in [5.74, 6) is 1.62. The number of methoxy groups -OCH3 is 1. The number of benzene rings is 1. The van der Waals surface area contributed by atoms with Gasteiger partial charge in [0, 0.05) is 55.1 Å². The van der Waals surface area contributed by atoms with Crippen molar-refractivity contribution in [1.29, 1.82) is 0 Å². The third-order valence-corrected chi connectivity index (χ3v) is 6.29. The Morgan fingerprint density at radius 3 is 2.87 bits per heavy atom. The van der Waals surface area contributed by atoms with Crippen LogP contribution in [0.1, 0.15) is 35.4 Å². The maximum absolute atomic E-state index is 12.7. The second-order valence-corrected chi connectivity index (χ2v) is 8.24. The maximum atomic E-state index is 12.7. The van der Waals surface area contributed by atoms with Gasteiger partial charge in [-0.1, -0.05) is 0 Å². The van der Waals surface area contributed by atoms with Crippen LogP contribution in [0, 0.1) is 6.92 Å². The number of nitrogens with zero attached hydrogens (tertiary/aromatic N) is 4. The molecule has 1 saturated heterocycles. The number of ether oxygens (including phenoxy) is 1. The number of hydrogen-bond donors (Lipinski definition) is 1. The molecule has 1 aromatic carbocycles. The van der Waals surface area contributed by atoms with Crippen molar-refractivity contribution in [3.63, 3.8) is 0 Å². The first-order valence-corrected chi connectivity index (χ1v) is 11.2. The number of hydrogen-bond acceptors (Lipinski definition) is 6. The minimum absolute atomic E-state index is 0.0868. The van der Waals surface area contributed by atoms with Gasteiger partial charge in [-0.2, -0.15) is 0 Å². The van der Waals surface area contributed by atoms with E-state index in [4.69, 9.17) is 9.72 Å². The van der Waals surface area contributed by atoms with Gasteiger partial charge in [0.05, 0.1) is 12.8 Å². The fourth-order valence-corrected chi connectivity index (χ4v) is 4.56. The number of amides is 1. The van der Waals surface area contributed by atoms with Crippen molar-refractivity contribution in [2.75, 3.05) is 31.6 Å². The fraction of sp³-hybridized carbons (Fsp3) is 0.409. The SMILES string of the molecule is COc1ccc(C(=O)NCCCn2ccnc2C)cc1-c1csc(N2CCCC2)n1. The van der Waals surface area contributed by atoms with E-state index in [1.54, 1.807) is 30.7 Å².